The van der Waals surface area contributed by atoms with Crippen LogP contribution in [0.1, 0.15) is 33.3 Å². The molecule has 0 bridgehead atoms. The first kappa shape index (κ1) is 25.4. The van der Waals surface area contributed by atoms with Crippen LogP contribution in [0.2, 0.25) is 0 Å². The molecule has 3 amide bonds. The van der Waals surface area contributed by atoms with E-state index in [1.54, 1.807) is 30.3 Å². The first-order valence-electron chi connectivity index (χ1n) is 11.0. The van der Waals surface area contributed by atoms with Gasteiger partial charge < -0.3 is 25.0 Å². The second kappa shape index (κ2) is 10.5. The van der Waals surface area contributed by atoms with E-state index < -0.39 is 18.0 Å². The van der Waals surface area contributed by atoms with Gasteiger partial charge in [-0.1, -0.05) is 17.3 Å². The molecule has 4 N–H and O–H groups in total. The fraction of sp³-hybridized carbons (Fsp3) is 0.0769. The zero-order chi connectivity index (χ0) is 27.4. The van der Waals surface area contributed by atoms with Crippen LogP contribution in [-0.4, -0.2) is 41.2 Å². The van der Waals surface area contributed by atoms with Gasteiger partial charge in [0.05, 0.1) is 41.1 Å². The summed E-state index contributed by atoms with van der Waals surface area (Å²) in [5, 5.41) is 30.4. The Morgan fingerprint density at radius 2 is 1.71 bits per heavy atom. The van der Waals surface area contributed by atoms with Crippen LogP contribution < -0.4 is 16.0 Å². The van der Waals surface area contributed by atoms with Gasteiger partial charge in [-0.05, 0) is 42.0 Å². The quantitative estimate of drug-likeness (QED) is 0.289. The number of hydrogen-bond acceptors (Lipinski definition) is 8. The topological polar surface area (TPSA) is 184 Å². The predicted molar refractivity (Wildman–Crippen MR) is 136 cm³/mol. The third kappa shape index (κ3) is 5.26. The average Bonchev–Trinajstić information content (AvgIpc) is 3.31. The number of carbonyl (C=O) groups excluding carboxylic acids is 3. The van der Waals surface area contributed by atoms with Gasteiger partial charge in [-0.25, -0.2) is 9.59 Å². The maximum absolute atomic E-state index is 13.1. The zero-order valence-electron chi connectivity index (χ0n) is 20.0. The van der Waals surface area contributed by atoms with Gasteiger partial charge in [0.2, 0.25) is 5.91 Å². The van der Waals surface area contributed by atoms with Gasteiger partial charge in [0.25, 0.3) is 5.91 Å². The summed E-state index contributed by atoms with van der Waals surface area (Å²) >= 11 is 0. The first-order valence-corrected chi connectivity index (χ1v) is 11.0. The van der Waals surface area contributed by atoms with Gasteiger partial charge in [-0.3, -0.25) is 14.9 Å². The highest BCUT2D eigenvalue weighted by Crippen LogP contribution is 2.35. The third-order valence-electron chi connectivity index (χ3n) is 5.39. The summed E-state index contributed by atoms with van der Waals surface area (Å²) in [7, 11) is 1.25. The standard InChI is InChI=1S/C26H19N5O7/c1-13(32)28-21-11-22-19(10-17(21)15-4-6-16(7-5-15)29-26(36)37-2)23(31-38-22)24(33)30-20-8-3-14(12-27)9-18(20)25(34)35/h3-11H,1-2H3,(H,28,32)(H,29,36)(H,30,33)(H,34,35). The monoisotopic (exact) mass is 513 g/mol. The molecule has 0 radical (unpaired) electrons. The molecule has 0 fully saturated rings. The number of nitrogens with zero attached hydrogens (tertiary/aromatic N) is 2. The number of benzene rings is 3. The summed E-state index contributed by atoms with van der Waals surface area (Å²) in [6.07, 6.45) is -0.633. The number of nitriles is 1. The second-order valence-electron chi connectivity index (χ2n) is 7.93. The summed E-state index contributed by atoms with van der Waals surface area (Å²) in [6.45, 7) is 1.34. The summed E-state index contributed by atoms with van der Waals surface area (Å²) in [4.78, 5) is 48.0. The van der Waals surface area contributed by atoms with E-state index >= 15 is 0 Å². The third-order valence-corrected chi connectivity index (χ3v) is 5.39. The lowest BCUT2D eigenvalue weighted by atomic mass is 10.00. The number of carboxylic acids is 1. The van der Waals surface area contributed by atoms with Crippen molar-refractivity contribution in [3.05, 3.63) is 71.4 Å². The highest BCUT2D eigenvalue weighted by molar-refractivity contribution is 6.14. The van der Waals surface area contributed by atoms with Crippen molar-refractivity contribution in [3.63, 3.8) is 0 Å². The van der Waals surface area contributed by atoms with Crippen LogP contribution in [-0.2, 0) is 9.53 Å². The van der Waals surface area contributed by atoms with Crippen LogP contribution in [0.15, 0.2) is 59.1 Å². The summed E-state index contributed by atoms with van der Waals surface area (Å²) < 4.78 is 9.91. The fourth-order valence-corrected chi connectivity index (χ4v) is 3.66. The Hall–Kier alpha value is -5.70. The number of aromatic carboxylic acids is 1. The Kier molecular flexibility index (Phi) is 7.02. The van der Waals surface area contributed by atoms with Gasteiger partial charge in [-0.2, -0.15) is 5.26 Å². The second-order valence-corrected chi connectivity index (χ2v) is 7.93. The minimum absolute atomic E-state index is 0.0264. The van der Waals surface area contributed by atoms with Crippen molar-refractivity contribution in [2.75, 3.05) is 23.1 Å². The average molecular weight is 513 g/mol. The predicted octanol–water partition coefficient (Wildman–Crippen LogP) is 4.45. The lowest BCUT2D eigenvalue weighted by Crippen LogP contribution is -2.15. The SMILES string of the molecule is COC(=O)Nc1ccc(-c2cc3c(C(=O)Nc4ccc(C#N)cc4C(=O)O)noc3cc2NC(C)=O)cc1. The number of rotatable bonds is 6. The van der Waals surface area contributed by atoms with Gasteiger partial charge in [-0.15, -0.1) is 0 Å². The Labute approximate surface area is 214 Å². The molecule has 3 aromatic carbocycles. The van der Waals surface area contributed by atoms with Crippen LogP contribution in [0.3, 0.4) is 0 Å². The van der Waals surface area contributed by atoms with Crippen molar-refractivity contribution >= 4 is 51.9 Å². The number of nitrogens with one attached hydrogen (secondary N) is 3. The molecule has 4 rings (SSSR count). The molecule has 0 unspecified atom stereocenters. The molecule has 1 heterocycles. The van der Waals surface area contributed by atoms with Crippen LogP contribution >= 0.6 is 0 Å². The lowest BCUT2D eigenvalue weighted by molar-refractivity contribution is -0.114. The molecule has 12 nitrogen and oxygen atoms in total. The summed E-state index contributed by atoms with van der Waals surface area (Å²) in [5.41, 5.74) is 1.94. The molecule has 0 aliphatic rings. The molecule has 12 heteroatoms. The number of methoxy groups -OCH3 is 1. The summed E-state index contributed by atoms with van der Waals surface area (Å²) in [6, 6.07) is 15.5. The van der Waals surface area contributed by atoms with Gasteiger partial charge >= 0.3 is 12.1 Å². The van der Waals surface area contributed by atoms with Crippen LogP contribution in [0.25, 0.3) is 22.1 Å². The number of anilines is 3. The van der Waals surface area contributed by atoms with Crippen LogP contribution in [0, 0.1) is 11.3 Å². The summed E-state index contributed by atoms with van der Waals surface area (Å²) in [5.74, 6) is -2.41. The number of hydrogen-bond donors (Lipinski definition) is 4. The van der Waals surface area contributed by atoms with E-state index in [-0.39, 0.29) is 34.0 Å². The molecule has 0 saturated heterocycles. The van der Waals surface area contributed by atoms with Crippen LogP contribution in [0.5, 0.6) is 0 Å². The number of aromatic nitrogens is 1. The van der Waals surface area contributed by atoms with E-state index in [9.17, 15) is 24.3 Å². The molecular weight excluding hydrogens is 494 g/mol. The van der Waals surface area contributed by atoms with Crippen molar-refractivity contribution in [1.29, 1.82) is 5.26 Å². The zero-order valence-corrected chi connectivity index (χ0v) is 20.0. The fourth-order valence-electron chi connectivity index (χ4n) is 3.66. The maximum Gasteiger partial charge on any atom is 0.411 e. The minimum atomic E-state index is -1.32. The van der Waals surface area contributed by atoms with E-state index in [0.29, 0.717) is 27.9 Å². The molecule has 0 aliphatic carbocycles. The van der Waals surface area contributed by atoms with Gasteiger partial charge in [0.1, 0.15) is 0 Å². The number of ether oxygens (including phenoxy) is 1. The number of carbonyl (C=O) groups is 4. The van der Waals surface area contributed by atoms with E-state index in [1.807, 2.05) is 6.07 Å². The van der Waals surface area contributed by atoms with E-state index in [2.05, 4.69) is 25.8 Å². The molecule has 0 spiro atoms. The Bertz CT molecular complexity index is 1630. The van der Waals surface area contributed by atoms with Crippen molar-refractivity contribution in [1.82, 2.24) is 5.16 Å². The minimum Gasteiger partial charge on any atom is -0.478 e. The van der Waals surface area contributed by atoms with E-state index in [1.165, 1.54) is 32.2 Å². The molecule has 38 heavy (non-hydrogen) atoms. The molecule has 4 aromatic rings. The van der Waals surface area contributed by atoms with Gasteiger partial charge in [0.15, 0.2) is 11.3 Å². The molecule has 190 valence electrons. The lowest BCUT2D eigenvalue weighted by Gasteiger charge is -2.12. The highest BCUT2D eigenvalue weighted by Gasteiger charge is 2.22. The highest BCUT2D eigenvalue weighted by atomic mass is 16.5. The molecular formula is C26H19N5O7. The molecule has 0 aliphatic heterocycles. The van der Waals surface area contributed by atoms with Crippen molar-refractivity contribution in [2.45, 2.75) is 6.92 Å². The number of carboxylic acid groups (broad SMARTS) is 1. The largest absolute Gasteiger partial charge is 0.478 e. The van der Waals surface area contributed by atoms with Crippen LogP contribution in [0.4, 0.5) is 21.9 Å². The molecule has 1 aromatic heterocycles. The number of amides is 3. The Morgan fingerprint density at radius 3 is 2.34 bits per heavy atom. The molecule has 0 saturated carbocycles. The molecule has 0 atom stereocenters. The maximum atomic E-state index is 13.1. The van der Waals surface area contributed by atoms with Crippen molar-refractivity contribution < 1.29 is 33.5 Å². The van der Waals surface area contributed by atoms with E-state index in [0.717, 1.165) is 6.07 Å². The van der Waals surface area contributed by atoms with Crippen molar-refractivity contribution in [3.8, 4) is 17.2 Å². The smallest absolute Gasteiger partial charge is 0.411 e. The first-order chi connectivity index (χ1) is 18.2. The van der Waals surface area contributed by atoms with Crippen molar-refractivity contribution in [2.24, 2.45) is 0 Å². The van der Waals surface area contributed by atoms with Gasteiger partial charge in [0, 0.05) is 24.2 Å². The van der Waals surface area contributed by atoms with E-state index in [4.69, 9.17) is 9.78 Å². The Morgan fingerprint density at radius 1 is 0.974 bits per heavy atom. The Balaban J connectivity index is 1.74. The number of fused-ring (bicyclic) bond motifs is 1. The normalized spacial score (nSPS) is 10.3.